The lowest BCUT2D eigenvalue weighted by molar-refractivity contribution is 0.150. The van der Waals surface area contributed by atoms with Crippen LogP contribution in [0.1, 0.15) is 26.7 Å². The van der Waals surface area contributed by atoms with E-state index in [0.29, 0.717) is 11.7 Å². The highest BCUT2D eigenvalue weighted by molar-refractivity contribution is 5.13. The van der Waals surface area contributed by atoms with Gasteiger partial charge in [-0.15, -0.1) is 0 Å². The first-order chi connectivity index (χ1) is 4.61. The van der Waals surface area contributed by atoms with Gasteiger partial charge in [-0.1, -0.05) is 6.92 Å². The van der Waals surface area contributed by atoms with Gasteiger partial charge in [0, 0.05) is 6.42 Å². The average Bonchev–Trinajstić information content (AvgIpc) is 1.82. The molecule has 0 radical (unpaired) electrons. The van der Waals surface area contributed by atoms with Crippen molar-refractivity contribution in [2.24, 2.45) is 5.92 Å². The van der Waals surface area contributed by atoms with E-state index in [1.54, 1.807) is 6.92 Å². The second-order valence-corrected chi connectivity index (χ2v) is 3.19. The fraction of sp³-hybridized carbons (Fsp3) is 0.750. The molecule has 10 heavy (non-hydrogen) atoms. The van der Waals surface area contributed by atoms with E-state index >= 15 is 0 Å². The van der Waals surface area contributed by atoms with Gasteiger partial charge in [-0.2, -0.15) is 0 Å². The molecule has 58 valence electrons. The third-order valence-electron chi connectivity index (χ3n) is 2.12. The zero-order valence-electron chi connectivity index (χ0n) is 6.46. The molecular weight excluding hydrogens is 128 g/mol. The van der Waals surface area contributed by atoms with Crippen molar-refractivity contribution >= 4 is 0 Å². The molecule has 0 spiro atoms. The molecule has 1 aliphatic carbocycles. The lowest BCUT2D eigenvalue weighted by Gasteiger charge is -2.23. The molecule has 2 unspecified atom stereocenters. The first kappa shape index (κ1) is 7.61. The largest absolute Gasteiger partial charge is 0.512 e. The Morgan fingerprint density at radius 2 is 2.10 bits per heavy atom. The Hall–Kier alpha value is -0.500. The number of hydrogen-bond acceptors (Lipinski definition) is 2. The van der Waals surface area contributed by atoms with Crippen LogP contribution in [-0.2, 0) is 0 Å². The van der Waals surface area contributed by atoms with Crippen molar-refractivity contribution in [1.29, 1.82) is 0 Å². The van der Waals surface area contributed by atoms with Gasteiger partial charge in [-0.25, -0.2) is 0 Å². The molecule has 0 saturated heterocycles. The summed E-state index contributed by atoms with van der Waals surface area (Å²) in [6.07, 6.45) is 1.10. The molecule has 2 heteroatoms. The summed E-state index contributed by atoms with van der Waals surface area (Å²) < 4.78 is 0. The van der Waals surface area contributed by atoms with Gasteiger partial charge in [-0.05, 0) is 24.8 Å². The molecule has 2 atom stereocenters. The van der Waals surface area contributed by atoms with E-state index < -0.39 is 6.10 Å². The van der Waals surface area contributed by atoms with Crippen LogP contribution in [0, 0.1) is 5.92 Å². The smallest absolute Gasteiger partial charge is 0.0940 e. The number of allylic oxidation sites excluding steroid dienone is 1. The van der Waals surface area contributed by atoms with Gasteiger partial charge in [0.2, 0.25) is 0 Å². The van der Waals surface area contributed by atoms with E-state index in [-0.39, 0.29) is 0 Å². The van der Waals surface area contributed by atoms with Gasteiger partial charge < -0.3 is 10.2 Å². The van der Waals surface area contributed by atoms with E-state index in [4.69, 9.17) is 0 Å². The minimum Gasteiger partial charge on any atom is -0.512 e. The van der Waals surface area contributed by atoms with Crippen LogP contribution in [0.4, 0.5) is 0 Å². The molecule has 2 N–H and O–H groups in total. The Balaban J connectivity index is 2.74. The number of rotatable bonds is 0. The summed E-state index contributed by atoms with van der Waals surface area (Å²) in [4.78, 5) is 0. The second-order valence-electron chi connectivity index (χ2n) is 3.19. The van der Waals surface area contributed by atoms with Crippen LogP contribution in [0.15, 0.2) is 11.3 Å². The average molecular weight is 142 g/mol. The van der Waals surface area contributed by atoms with Crippen LogP contribution in [0.3, 0.4) is 0 Å². The quantitative estimate of drug-likeness (QED) is 0.539. The van der Waals surface area contributed by atoms with Crippen LogP contribution in [0.2, 0.25) is 0 Å². The van der Waals surface area contributed by atoms with Crippen molar-refractivity contribution in [3.63, 3.8) is 0 Å². The molecule has 0 aliphatic heterocycles. The Bertz CT molecular complexity index is 161. The molecule has 2 nitrogen and oxygen atoms in total. The molecule has 1 aliphatic rings. The summed E-state index contributed by atoms with van der Waals surface area (Å²) in [7, 11) is 0. The van der Waals surface area contributed by atoms with Gasteiger partial charge in [0.1, 0.15) is 0 Å². The van der Waals surface area contributed by atoms with E-state index in [0.717, 1.165) is 18.4 Å². The minimum absolute atomic E-state index is 0.381. The summed E-state index contributed by atoms with van der Waals surface area (Å²) >= 11 is 0. The molecule has 0 fully saturated rings. The first-order valence-electron chi connectivity index (χ1n) is 3.68. The topological polar surface area (TPSA) is 40.5 Å². The van der Waals surface area contributed by atoms with Crippen LogP contribution >= 0.6 is 0 Å². The zero-order valence-corrected chi connectivity index (χ0v) is 6.46. The highest BCUT2D eigenvalue weighted by Gasteiger charge is 2.21. The highest BCUT2D eigenvalue weighted by atomic mass is 16.3. The predicted octanol–water partition coefficient (Wildman–Crippen LogP) is 1.61. The Labute approximate surface area is 61.2 Å². The summed E-state index contributed by atoms with van der Waals surface area (Å²) in [6, 6.07) is 0. The normalized spacial score (nSPS) is 34.7. The summed E-state index contributed by atoms with van der Waals surface area (Å²) in [5, 5.41) is 18.5. The fourth-order valence-corrected chi connectivity index (χ4v) is 1.32. The zero-order chi connectivity index (χ0) is 7.72. The van der Waals surface area contributed by atoms with Crippen molar-refractivity contribution in [3.8, 4) is 0 Å². The van der Waals surface area contributed by atoms with Crippen LogP contribution < -0.4 is 0 Å². The van der Waals surface area contributed by atoms with E-state index in [1.807, 2.05) is 6.92 Å². The Morgan fingerprint density at radius 3 is 2.60 bits per heavy atom. The highest BCUT2D eigenvalue weighted by Crippen LogP contribution is 2.27. The van der Waals surface area contributed by atoms with Crippen molar-refractivity contribution in [2.45, 2.75) is 32.8 Å². The van der Waals surface area contributed by atoms with Gasteiger partial charge in [0.25, 0.3) is 0 Å². The molecule has 0 aromatic heterocycles. The van der Waals surface area contributed by atoms with Crippen LogP contribution in [0.25, 0.3) is 0 Å². The monoisotopic (exact) mass is 142 g/mol. The van der Waals surface area contributed by atoms with Gasteiger partial charge >= 0.3 is 0 Å². The third-order valence-corrected chi connectivity index (χ3v) is 2.12. The van der Waals surface area contributed by atoms with E-state index in [1.165, 1.54) is 0 Å². The van der Waals surface area contributed by atoms with Crippen LogP contribution in [0.5, 0.6) is 0 Å². The maximum atomic E-state index is 9.30. The number of aliphatic hydroxyl groups is 2. The molecular formula is C8H14O2. The Morgan fingerprint density at radius 1 is 1.50 bits per heavy atom. The standard InChI is InChI=1S/C8H14O2/c1-5-3-7(9)6(2)8(10)4-5/h5,7,9-10H,3-4H2,1-2H3. The van der Waals surface area contributed by atoms with E-state index in [9.17, 15) is 10.2 Å². The van der Waals surface area contributed by atoms with Crippen LogP contribution in [-0.4, -0.2) is 16.3 Å². The predicted molar refractivity (Wildman–Crippen MR) is 39.7 cm³/mol. The van der Waals surface area contributed by atoms with E-state index in [2.05, 4.69) is 0 Å². The van der Waals surface area contributed by atoms with Gasteiger partial charge in [-0.3, -0.25) is 0 Å². The maximum Gasteiger partial charge on any atom is 0.0940 e. The fourth-order valence-electron chi connectivity index (χ4n) is 1.32. The third kappa shape index (κ3) is 1.32. The second kappa shape index (κ2) is 2.62. The summed E-state index contributed by atoms with van der Waals surface area (Å²) in [5.74, 6) is 0.796. The van der Waals surface area contributed by atoms with Gasteiger partial charge in [0.05, 0.1) is 11.9 Å². The van der Waals surface area contributed by atoms with Crippen molar-refractivity contribution < 1.29 is 10.2 Å². The maximum absolute atomic E-state index is 9.30. The van der Waals surface area contributed by atoms with Crippen molar-refractivity contribution in [1.82, 2.24) is 0 Å². The molecule has 0 bridgehead atoms. The molecule has 1 rings (SSSR count). The lowest BCUT2D eigenvalue weighted by Crippen LogP contribution is -2.20. The number of hydrogen-bond donors (Lipinski definition) is 2. The SMILES string of the molecule is CC1=C(O)CC(C)CC1O. The Kier molecular flexibility index (Phi) is 2.00. The van der Waals surface area contributed by atoms with Crippen molar-refractivity contribution in [3.05, 3.63) is 11.3 Å². The summed E-state index contributed by atoms with van der Waals surface area (Å²) in [5.41, 5.74) is 0.748. The molecule has 0 heterocycles. The molecule has 0 aromatic rings. The minimum atomic E-state index is -0.413. The summed E-state index contributed by atoms with van der Waals surface area (Å²) in [6.45, 7) is 3.82. The first-order valence-corrected chi connectivity index (χ1v) is 3.68. The molecule has 0 saturated carbocycles. The molecule has 0 aromatic carbocycles. The number of aliphatic hydroxyl groups excluding tert-OH is 2. The molecule has 0 amide bonds. The lowest BCUT2D eigenvalue weighted by atomic mass is 9.88. The van der Waals surface area contributed by atoms with Gasteiger partial charge in [0.15, 0.2) is 0 Å². The van der Waals surface area contributed by atoms with Crippen molar-refractivity contribution in [2.75, 3.05) is 0 Å².